The molecule has 1 aliphatic rings. The monoisotopic (exact) mass is 961 g/mol. The zero-order valence-electron chi connectivity index (χ0n) is 38.4. The van der Waals surface area contributed by atoms with Crippen LogP contribution in [0.3, 0.4) is 0 Å². The van der Waals surface area contributed by atoms with Crippen molar-refractivity contribution in [3.8, 4) is 50.9 Å². The van der Waals surface area contributed by atoms with Gasteiger partial charge >= 0.3 is 0 Å². The molecule has 1 fully saturated rings. The Balaban J connectivity index is 1.14. The van der Waals surface area contributed by atoms with Crippen LogP contribution < -0.4 is 24.2 Å². The predicted molar refractivity (Wildman–Crippen MR) is 261 cm³/mol. The number of halogens is 2. The van der Waals surface area contributed by atoms with Crippen molar-refractivity contribution in [3.05, 3.63) is 137 Å². The van der Waals surface area contributed by atoms with Gasteiger partial charge in [-0.3, -0.25) is 14.4 Å². The summed E-state index contributed by atoms with van der Waals surface area (Å²) < 4.78 is 62.9. The third-order valence-electron chi connectivity index (χ3n) is 11.9. The smallest absolute Gasteiger partial charge is 0.256 e. The van der Waals surface area contributed by atoms with Gasteiger partial charge in [0.15, 0.2) is 11.6 Å². The number of nitrogens with one attached hydrogen (secondary N) is 2. The van der Waals surface area contributed by atoms with Crippen molar-refractivity contribution >= 4 is 38.9 Å². The van der Waals surface area contributed by atoms with Crippen molar-refractivity contribution in [2.75, 3.05) is 58.8 Å². The first kappa shape index (κ1) is 47.8. The molecule has 1 atom stereocenters. The lowest BCUT2D eigenvalue weighted by Crippen LogP contribution is -2.46. The van der Waals surface area contributed by atoms with Gasteiger partial charge in [-0.15, -0.1) is 0 Å². The fraction of sp³-hybridized carbons (Fsp3) is 0.300. The minimum absolute atomic E-state index is 0.0338. The number of para-hydroxylation sites is 2. The van der Waals surface area contributed by atoms with E-state index in [2.05, 4.69) is 42.0 Å². The molecule has 1 aliphatic heterocycles. The molecule has 354 valence electrons. The van der Waals surface area contributed by atoms with E-state index in [0.29, 0.717) is 79.3 Å². The van der Waals surface area contributed by atoms with Gasteiger partial charge in [0.1, 0.15) is 54.2 Å². The van der Waals surface area contributed by atoms with Crippen molar-refractivity contribution in [2.24, 2.45) is 0 Å². The quantitative estimate of drug-likeness (QED) is 0.0860. The summed E-state index contributed by atoms with van der Waals surface area (Å²) in [6.07, 6.45) is 4.75. The maximum atomic E-state index is 14.4. The Hall–Kier alpha value is -6.66. The van der Waals surface area contributed by atoms with E-state index in [4.69, 9.17) is 30.8 Å². The lowest BCUT2D eigenvalue weighted by Gasteiger charge is -2.32. The van der Waals surface area contributed by atoms with Crippen molar-refractivity contribution in [2.45, 2.75) is 45.1 Å². The fourth-order valence-electron chi connectivity index (χ4n) is 7.96. The third-order valence-corrected chi connectivity index (χ3v) is 14.1. The SMILES string of the molecule is COc1ccccc1-c1nccc(COc2ccccc2CC(Nc2ncnn3cc(-c4ccc(F)cc4)c(-c4ccc(OCCN5CCN(C)CC5)c(Cl)c4C)c23)C(=O)NS(=O)(=O)C(C)C)n1. The molecule has 4 aromatic carbocycles. The summed E-state index contributed by atoms with van der Waals surface area (Å²) in [6, 6.07) is 25.0. The van der Waals surface area contributed by atoms with E-state index in [-0.39, 0.29) is 18.8 Å². The van der Waals surface area contributed by atoms with Crippen LogP contribution in [0.15, 0.2) is 110 Å². The molecule has 1 saturated heterocycles. The van der Waals surface area contributed by atoms with Crippen molar-refractivity contribution in [3.63, 3.8) is 0 Å². The molecule has 1 unspecified atom stereocenters. The Morgan fingerprint density at radius 1 is 0.868 bits per heavy atom. The first-order valence-electron chi connectivity index (χ1n) is 22.2. The Kier molecular flexibility index (Phi) is 14.8. The van der Waals surface area contributed by atoms with E-state index >= 15 is 0 Å². The molecule has 0 radical (unpaired) electrons. The average molecular weight is 963 g/mol. The predicted octanol–water partition coefficient (Wildman–Crippen LogP) is 7.71. The molecule has 3 aromatic heterocycles. The minimum atomic E-state index is -4.07. The van der Waals surface area contributed by atoms with Crippen LogP contribution in [0.1, 0.15) is 30.7 Å². The largest absolute Gasteiger partial charge is 0.496 e. The van der Waals surface area contributed by atoms with Crippen LogP contribution in [-0.2, 0) is 27.8 Å². The fourth-order valence-corrected chi connectivity index (χ4v) is 8.84. The van der Waals surface area contributed by atoms with E-state index in [1.165, 1.54) is 32.3 Å². The van der Waals surface area contributed by atoms with Gasteiger partial charge < -0.3 is 24.4 Å². The Morgan fingerprint density at radius 3 is 2.35 bits per heavy atom. The summed E-state index contributed by atoms with van der Waals surface area (Å²) in [5.41, 5.74) is 5.78. The highest BCUT2D eigenvalue weighted by molar-refractivity contribution is 7.90. The van der Waals surface area contributed by atoms with Crippen molar-refractivity contribution in [1.29, 1.82) is 0 Å². The molecule has 0 bridgehead atoms. The molecule has 1 amide bonds. The number of nitrogens with zero attached hydrogens (tertiary/aromatic N) is 7. The zero-order chi connectivity index (χ0) is 48.0. The second kappa shape index (κ2) is 21.1. The van der Waals surface area contributed by atoms with Gasteiger partial charge in [0.2, 0.25) is 10.0 Å². The molecule has 0 spiro atoms. The number of sulfonamides is 1. The first-order chi connectivity index (χ1) is 32.8. The van der Waals surface area contributed by atoms with Crippen molar-refractivity contribution in [1.82, 2.24) is 39.1 Å². The number of aromatic nitrogens is 5. The van der Waals surface area contributed by atoms with Gasteiger partial charge in [0, 0.05) is 62.7 Å². The topological polar surface area (TPSA) is 165 Å². The lowest BCUT2D eigenvalue weighted by molar-refractivity contribution is -0.120. The summed E-state index contributed by atoms with van der Waals surface area (Å²) >= 11 is 7.11. The molecular formula is C50H53ClFN9O6S. The van der Waals surface area contributed by atoms with Crippen molar-refractivity contribution < 1.29 is 31.8 Å². The number of likely N-dealkylation sites (N-methyl/N-ethyl adjacent to an activating group) is 1. The standard InChI is InChI=1S/C50H53ClFN9O6S/c1-32(2)68(63,64)58-50(62)41(28-35-10-6-8-12-42(35)67-30-37-20-21-53-48(56-37)39-11-7-9-13-43(39)65-5)57-49-47-45(40(29-61(47)55-31-54-49)34-14-16-36(52)17-15-34)38-18-19-44(46(51)33(38)3)66-27-26-60-24-22-59(4)23-25-60/h6-21,29,31-32,41H,22-28,30H2,1-5H3,(H,58,62)(H,54,55,57). The van der Waals surface area contributed by atoms with E-state index in [0.717, 1.165) is 38.3 Å². The van der Waals surface area contributed by atoms with E-state index < -0.39 is 33.0 Å². The number of carbonyl (C=O) groups excluding carboxylic acids is 1. The van der Waals surface area contributed by atoms with Gasteiger partial charge in [-0.1, -0.05) is 60.1 Å². The second-order valence-electron chi connectivity index (χ2n) is 16.8. The summed E-state index contributed by atoms with van der Waals surface area (Å²) in [4.78, 5) is 32.8. The van der Waals surface area contributed by atoms with Crippen LogP contribution in [-0.4, -0.2) is 113 Å². The summed E-state index contributed by atoms with van der Waals surface area (Å²) in [7, 11) is -0.363. The number of piperazine rings is 1. The normalized spacial score (nSPS) is 13.9. The van der Waals surface area contributed by atoms with Gasteiger partial charge in [-0.2, -0.15) is 5.10 Å². The highest BCUT2D eigenvalue weighted by atomic mass is 35.5. The maximum absolute atomic E-state index is 14.4. The van der Waals surface area contributed by atoms with E-state index in [1.807, 2.05) is 49.4 Å². The first-order valence-corrected chi connectivity index (χ1v) is 24.2. The minimum Gasteiger partial charge on any atom is -0.496 e. The number of fused-ring (bicyclic) bond motifs is 1. The average Bonchev–Trinajstić information content (AvgIpc) is 3.73. The number of carbonyl (C=O) groups is 1. The zero-order valence-corrected chi connectivity index (χ0v) is 40.0. The summed E-state index contributed by atoms with van der Waals surface area (Å²) in [6.45, 7) is 10.1. The molecule has 68 heavy (non-hydrogen) atoms. The van der Waals surface area contributed by atoms with Gasteiger partial charge in [-0.25, -0.2) is 32.3 Å². The van der Waals surface area contributed by atoms with Crippen LogP contribution >= 0.6 is 11.6 Å². The van der Waals surface area contributed by atoms with Crippen LogP contribution in [0, 0.1) is 12.7 Å². The van der Waals surface area contributed by atoms with E-state index in [9.17, 15) is 17.6 Å². The molecule has 7 aromatic rings. The Morgan fingerprint density at radius 2 is 1.60 bits per heavy atom. The summed E-state index contributed by atoms with van der Waals surface area (Å²) in [5.74, 6) is 1.07. The number of hydrogen-bond acceptors (Lipinski definition) is 13. The molecule has 15 nitrogen and oxygen atoms in total. The number of rotatable bonds is 18. The lowest BCUT2D eigenvalue weighted by atomic mass is 9.94. The number of methoxy groups -OCH3 is 1. The van der Waals surface area contributed by atoms with Gasteiger partial charge in [0.05, 0.1) is 28.6 Å². The highest BCUT2D eigenvalue weighted by Gasteiger charge is 2.30. The van der Waals surface area contributed by atoms with Crippen LogP contribution in [0.5, 0.6) is 17.2 Å². The van der Waals surface area contributed by atoms with E-state index in [1.54, 1.807) is 60.4 Å². The Labute approximate surface area is 400 Å². The van der Waals surface area contributed by atoms with Crippen LogP contribution in [0.25, 0.3) is 39.2 Å². The molecular weight excluding hydrogens is 909 g/mol. The number of benzene rings is 4. The maximum Gasteiger partial charge on any atom is 0.256 e. The Bertz CT molecular complexity index is 3020. The number of hydrogen-bond donors (Lipinski definition) is 2. The van der Waals surface area contributed by atoms with Crippen LogP contribution in [0.2, 0.25) is 5.02 Å². The summed E-state index contributed by atoms with van der Waals surface area (Å²) in [5, 5.41) is 7.38. The van der Waals surface area contributed by atoms with Crippen LogP contribution in [0.4, 0.5) is 10.2 Å². The second-order valence-corrected chi connectivity index (χ2v) is 19.4. The van der Waals surface area contributed by atoms with Gasteiger partial charge in [-0.05, 0) is 92.5 Å². The molecule has 18 heteroatoms. The van der Waals surface area contributed by atoms with Gasteiger partial charge in [0.25, 0.3) is 5.91 Å². The molecule has 0 aliphatic carbocycles. The number of anilines is 1. The molecule has 2 N–H and O–H groups in total. The number of amides is 1. The number of ether oxygens (including phenoxy) is 3. The molecule has 4 heterocycles. The highest BCUT2D eigenvalue weighted by Crippen LogP contribution is 2.44. The third kappa shape index (κ3) is 10.9. The molecule has 0 saturated carbocycles. The molecule has 8 rings (SSSR count).